The summed E-state index contributed by atoms with van der Waals surface area (Å²) in [5.74, 6) is 1.37. The van der Waals surface area contributed by atoms with Gasteiger partial charge in [0.15, 0.2) is 6.61 Å². The molecule has 0 amide bonds. The van der Waals surface area contributed by atoms with Gasteiger partial charge in [-0.15, -0.1) is 10.2 Å². The summed E-state index contributed by atoms with van der Waals surface area (Å²) >= 11 is 3.45. The largest absolute Gasteiger partial charge is 0.485 e. The lowest BCUT2D eigenvalue weighted by Gasteiger charge is -2.16. The molecule has 19 heavy (non-hydrogen) atoms. The van der Waals surface area contributed by atoms with Crippen LogP contribution in [-0.2, 0) is 13.7 Å². The summed E-state index contributed by atoms with van der Waals surface area (Å²) in [6.07, 6.45) is 0. The molecule has 1 atom stereocenters. The molecule has 0 radical (unpaired) electrons. The van der Waals surface area contributed by atoms with Gasteiger partial charge in [0.05, 0.1) is 7.05 Å². The molecule has 0 aliphatic carbocycles. The van der Waals surface area contributed by atoms with E-state index in [4.69, 9.17) is 4.74 Å². The Bertz CT molecular complexity index is 557. The number of hydrogen-bond donors (Lipinski definition) is 1. The molecule has 0 fully saturated rings. The standard InChI is InChI=1S/C12H16BrN5O/c1-8(14-2)10-5-4-9(13)6-11(10)19-7-12-15-17-18(3)16-12/h4-6,8,14H,7H2,1-3H3. The second-order valence-electron chi connectivity index (χ2n) is 4.18. The molecular weight excluding hydrogens is 310 g/mol. The number of aromatic nitrogens is 4. The zero-order valence-electron chi connectivity index (χ0n) is 11.1. The van der Waals surface area contributed by atoms with Crippen molar-refractivity contribution < 1.29 is 4.74 Å². The van der Waals surface area contributed by atoms with E-state index < -0.39 is 0 Å². The molecule has 0 aliphatic heterocycles. The zero-order valence-corrected chi connectivity index (χ0v) is 12.7. The van der Waals surface area contributed by atoms with E-state index >= 15 is 0 Å². The van der Waals surface area contributed by atoms with Gasteiger partial charge in [-0.3, -0.25) is 0 Å². The third kappa shape index (κ3) is 3.51. The molecule has 0 saturated heterocycles. The highest BCUT2D eigenvalue weighted by molar-refractivity contribution is 9.10. The van der Waals surface area contributed by atoms with Crippen LogP contribution < -0.4 is 10.1 Å². The summed E-state index contributed by atoms with van der Waals surface area (Å²) in [7, 11) is 3.64. The van der Waals surface area contributed by atoms with Crippen molar-refractivity contribution >= 4 is 15.9 Å². The second-order valence-corrected chi connectivity index (χ2v) is 5.09. The smallest absolute Gasteiger partial charge is 0.212 e. The first-order chi connectivity index (χ1) is 9.10. The number of nitrogens with one attached hydrogen (secondary N) is 1. The van der Waals surface area contributed by atoms with Crippen LogP contribution in [-0.4, -0.2) is 27.3 Å². The molecule has 2 rings (SSSR count). The predicted octanol–water partition coefficient (Wildman–Crippen LogP) is 1.83. The van der Waals surface area contributed by atoms with Crippen molar-refractivity contribution in [2.24, 2.45) is 7.05 Å². The van der Waals surface area contributed by atoms with Crippen LogP contribution in [0.2, 0.25) is 0 Å². The molecule has 1 aromatic carbocycles. The lowest BCUT2D eigenvalue weighted by atomic mass is 10.1. The number of aryl methyl sites for hydroxylation is 1. The van der Waals surface area contributed by atoms with Crippen LogP contribution in [0.1, 0.15) is 24.4 Å². The summed E-state index contributed by atoms with van der Waals surface area (Å²) < 4.78 is 6.77. The Morgan fingerprint density at radius 3 is 2.89 bits per heavy atom. The monoisotopic (exact) mass is 325 g/mol. The highest BCUT2D eigenvalue weighted by Crippen LogP contribution is 2.28. The van der Waals surface area contributed by atoms with Crippen molar-refractivity contribution in [3.05, 3.63) is 34.1 Å². The van der Waals surface area contributed by atoms with Crippen LogP contribution in [0.15, 0.2) is 22.7 Å². The van der Waals surface area contributed by atoms with Gasteiger partial charge < -0.3 is 10.1 Å². The van der Waals surface area contributed by atoms with Gasteiger partial charge in [0.1, 0.15) is 5.75 Å². The van der Waals surface area contributed by atoms with Gasteiger partial charge in [0.25, 0.3) is 0 Å². The van der Waals surface area contributed by atoms with Gasteiger partial charge in [-0.1, -0.05) is 22.0 Å². The maximum Gasteiger partial charge on any atom is 0.212 e. The van der Waals surface area contributed by atoms with Gasteiger partial charge in [0, 0.05) is 16.1 Å². The predicted molar refractivity (Wildman–Crippen MR) is 74.7 cm³/mol. The summed E-state index contributed by atoms with van der Waals surface area (Å²) in [5.41, 5.74) is 1.09. The van der Waals surface area contributed by atoms with Crippen molar-refractivity contribution in [1.82, 2.24) is 25.5 Å². The molecule has 0 aliphatic rings. The first kappa shape index (κ1) is 14.0. The number of benzene rings is 1. The van der Waals surface area contributed by atoms with Gasteiger partial charge in [-0.05, 0) is 31.3 Å². The Morgan fingerprint density at radius 1 is 1.47 bits per heavy atom. The fourth-order valence-electron chi connectivity index (χ4n) is 1.67. The number of rotatable bonds is 5. The molecular formula is C12H16BrN5O. The Balaban J connectivity index is 2.16. The van der Waals surface area contributed by atoms with Gasteiger partial charge in [0.2, 0.25) is 5.82 Å². The SMILES string of the molecule is CNC(C)c1ccc(Br)cc1OCc1nnn(C)n1. The molecule has 2 aromatic rings. The van der Waals surface area contributed by atoms with Crippen LogP contribution in [0.5, 0.6) is 5.75 Å². The topological polar surface area (TPSA) is 64.9 Å². The highest BCUT2D eigenvalue weighted by atomic mass is 79.9. The van der Waals surface area contributed by atoms with Crippen LogP contribution in [0, 0.1) is 0 Å². The Hall–Kier alpha value is -1.47. The van der Waals surface area contributed by atoms with E-state index in [0.717, 1.165) is 15.8 Å². The van der Waals surface area contributed by atoms with E-state index in [2.05, 4.69) is 43.6 Å². The van der Waals surface area contributed by atoms with Crippen LogP contribution >= 0.6 is 15.9 Å². The molecule has 0 spiro atoms. The number of ether oxygens (including phenoxy) is 1. The van der Waals surface area contributed by atoms with E-state index in [1.165, 1.54) is 4.80 Å². The molecule has 1 heterocycles. The maximum atomic E-state index is 5.79. The molecule has 0 saturated carbocycles. The van der Waals surface area contributed by atoms with Gasteiger partial charge in [-0.25, -0.2) is 0 Å². The molecule has 1 aromatic heterocycles. The number of halogens is 1. The summed E-state index contributed by atoms with van der Waals surface area (Å²) in [5, 5.41) is 15.0. The Morgan fingerprint density at radius 2 is 2.26 bits per heavy atom. The van der Waals surface area contributed by atoms with E-state index in [0.29, 0.717) is 12.4 Å². The molecule has 1 N–H and O–H groups in total. The van der Waals surface area contributed by atoms with E-state index in [1.807, 2.05) is 25.2 Å². The normalized spacial score (nSPS) is 12.4. The minimum atomic E-state index is 0.206. The fraction of sp³-hybridized carbons (Fsp3) is 0.417. The quantitative estimate of drug-likeness (QED) is 0.908. The van der Waals surface area contributed by atoms with Gasteiger partial charge in [-0.2, -0.15) is 4.80 Å². The minimum Gasteiger partial charge on any atom is -0.485 e. The van der Waals surface area contributed by atoms with E-state index in [9.17, 15) is 0 Å². The molecule has 0 bridgehead atoms. The summed E-state index contributed by atoms with van der Waals surface area (Å²) in [4.78, 5) is 1.41. The average molecular weight is 326 g/mol. The van der Waals surface area contributed by atoms with E-state index in [1.54, 1.807) is 7.05 Å². The van der Waals surface area contributed by atoms with Crippen LogP contribution in [0.3, 0.4) is 0 Å². The summed E-state index contributed by atoms with van der Waals surface area (Å²) in [6, 6.07) is 6.18. The average Bonchev–Trinajstić information content (AvgIpc) is 2.81. The van der Waals surface area contributed by atoms with Crippen molar-refractivity contribution in [1.29, 1.82) is 0 Å². The summed E-state index contributed by atoms with van der Waals surface area (Å²) in [6.45, 7) is 2.38. The number of tetrazole rings is 1. The molecule has 7 heteroatoms. The van der Waals surface area contributed by atoms with Crippen molar-refractivity contribution in [3.8, 4) is 5.75 Å². The third-order valence-corrected chi connectivity index (χ3v) is 3.27. The fourth-order valence-corrected chi connectivity index (χ4v) is 2.01. The lowest BCUT2D eigenvalue weighted by molar-refractivity contribution is 0.289. The van der Waals surface area contributed by atoms with Crippen LogP contribution in [0.25, 0.3) is 0 Å². The second kappa shape index (κ2) is 6.12. The van der Waals surface area contributed by atoms with Crippen molar-refractivity contribution in [2.45, 2.75) is 19.6 Å². The third-order valence-electron chi connectivity index (χ3n) is 2.78. The first-order valence-corrected chi connectivity index (χ1v) is 6.72. The number of nitrogens with zero attached hydrogens (tertiary/aromatic N) is 4. The Labute approximate surface area is 120 Å². The minimum absolute atomic E-state index is 0.206. The lowest BCUT2D eigenvalue weighted by Crippen LogP contribution is -2.14. The highest BCUT2D eigenvalue weighted by Gasteiger charge is 2.11. The number of hydrogen-bond acceptors (Lipinski definition) is 5. The Kier molecular flexibility index (Phi) is 4.49. The molecule has 102 valence electrons. The first-order valence-electron chi connectivity index (χ1n) is 5.92. The van der Waals surface area contributed by atoms with Crippen molar-refractivity contribution in [3.63, 3.8) is 0 Å². The molecule has 1 unspecified atom stereocenters. The van der Waals surface area contributed by atoms with Crippen LogP contribution in [0.4, 0.5) is 0 Å². The van der Waals surface area contributed by atoms with Gasteiger partial charge >= 0.3 is 0 Å². The zero-order chi connectivity index (χ0) is 13.8. The van der Waals surface area contributed by atoms with Crippen molar-refractivity contribution in [2.75, 3.05) is 7.05 Å². The maximum absolute atomic E-state index is 5.79. The van der Waals surface area contributed by atoms with E-state index in [-0.39, 0.29) is 6.04 Å². The molecule has 6 nitrogen and oxygen atoms in total.